The number of carbonyl (C=O) groups is 1. The molecule has 82 valence electrons. The van der Waals surface area contributed by atoms with Crippen LogP contribution in [0.2, 0.25) is 0 Å². The number of nitrogens with one attached hydrogen (secondary N) is 1. The third kappa shape index (κ3) is 2.18. The Balaban J connectivity index is 2.10. The molecule has 1 heterocycles. The molecule has 1 atom stereocenters. The van der Waals surface area contributed by atoms with Gasteiger partial charge in [-0.1, -0.05) is 0 Å². The number of anilines is 1. The second kappa shape index (κ2) is 4.02. The zero-order valence-corrected chi connectivity index (χ0v) is 8.81. The molecule has 0 saturated heterocycles. The standard InChI is InChI=1S/C10H16N4O/c1-7(8-2-3-8)14-9(4-5-12-14)13-10(15)6-11/h4-5,7-8H,2-3,6,11H2,1H3,(H,13,15)/t7-/m1/s1. The number of hydrogen-bond acceptors (Lipinski definition) is 3. The fourth-order valence-corrected chi connectivity index (χ4v) is 1.71. The molecule has 0 bridgehead atoms. The topological polar surface area (TPSA) is 72.9 Å². The van der Waals surface area contributed by atoms with Crippen molar-refractivity contribution >= 4 is 11.7 Å². The molecule has 0 unspecified atom stereocenters. The summed E-state index contributed by atoms with van der Waals surface area (Å²) in [6.45, 7) is 2.13. The van der Waals surface area contributed by atoms with Crippen LogP contribution < -0.4 is 11.1 Å². The third-order valence-electron chi connectivity index (χ3n) is 2.81. The normalized spacial score (nSPS) is 17.5. The number of aromatic nitrogens is 2. The molecule has 1 fully saturated rings. The van der Waals surface area contributed by atoms with Crippen molar-refractivity contribution in [2.75, 3.05) is 11.9 Å². The van der Waals surface area contributed by atoms with E-state index in [1.54, 1.807) is 12.3 Å². The molecule has 1 aromatic rings. The van der Waals surface area contributed by atoms with Crippen LogP contribution in [0.3, 0.4) is 0 Å². The van der Waals surface area contributed by atoms with Crippen LogP contribution in [-0.4, -0.2) is 22.2 Å². The third-order valence-corrected chi connectivity index (χ3v) is 2.81. The van der Waals surface area contributed by atoms with Gasteiger partial charge < -0.3 is 11.1 Å². The second-order valence-electron chi connectivity index (χ2n) is 3.99. The molecule has 5 heteroatoms. The van der Waals surface area contributed by atoms with Gasteiger partial charge in [-0.2, -0.15) is 5.10 Å². The molecule has 5 nitrogen and oxygen atoms in total. The van der Waals surface area contributed by atoms with Crippen LogP contribution in [0.4, 0.5) is 5.82 Å². The maximum atomic E-state index is 11.2. The van der Waals surface area contributed by atoms with E-state index in [1.165, 1.54) is 12.8 Å². The highest BCUT2D eigenvalue weighted by atomic mass is 16.1. The van der Waals surface area contributed by atoms with Gasteiger partial charge in [0.1, 0.15) is 5.82 Å². The lowest BCUT2D eigenvalue weighted by atomic mass is 10.2. The van der Waals surface area contributed by atoms with Crippen molar-refractivity contribution < 1.29 is 4.79 Å². The average molecular weight is 208 g/mol. The Hall–Kier alpha value is -1.36. The van der Waals surface area contributed by atoms with Crippen LogP contribution >= 0.6 is 0 Å². The Morgan fingerprint density at radius 2 is 2.53 bits per heavy atom. The van der Waals surface area contributed by atoms with Crippen LogP contribution in [0.25, 0.3) is 0 Å². The summed E-state index contributed by atoms with van der Waals surface area (Å²) in [5.74, 6) is 1.27. The minimum Gasteiger partial charge on any atom is -0.322 e. The van der Waals surface area contributed by atoms with E-state index in [9.17, 15) is 4.79 Å². The molecule has 0 aromatic carbocycles. The number of nitrogens with two attached hydrogens (primary N) is 1. The van der Waals surface area contributed by atoms with Crippen LogP contribution in [0, 0.1) is 5.92 Å². The van der Waals surface area contributed by atoms with Crippen LogP contribution in [-0.2, 0) is 4.79 Å². The van der Waals surface area contributed by atoms with Crippen molar-refractivity contribution in [3.8, 4) is 0 Å². The first-order valence-electron chi connectivity index (χ1n) is 5.26. The first-order valence-corrected chi connectivity index (χ1v) is 5.26. The molecule has 0 spiro atoms. The Bertz CT molecular complexity index is 356. The molecule has 1 aliphatic rings. The Morgan fingerprint density at radius 3 is 3.13 bits per heavy atom. The number of amides is 1. The van der Waals surface area contributed by atoms with E-state index >= 15 is 0 Å². The quantitative estimate of drug-likeness (QED) is 0.767. The van der Waals surface area contributed by atoms with Gasteiger partial charge in [0.25, 0.3) is 0 Å². The summed E-state index contributed by atoms with van der Waals surface area (Å²) in [5.41, 5.74) is 5.25. The molecule has 1 amide bonds. The molecular formula is C10H16N4O. The highest BCUT2D eigenvalue weighted by Gasteiger charge is 2.30. The molecule has 1 aliphatic carbocycles. The van der Waals surface area contributed by atoms with Gasteiger partial charge in [-0.15, -0.1) is 0 Å². The maximum Gasteiger partial charge on any atom is 0.239 e. The van der Waals surface area contributed by atoms with Gasteiger partial charge in [0.15, 0.2) is 0 Å². The number of rotatable bonds is 4. The first-order chi connectivity index (χ1) is 7.22. The summed E-state index contributed by atoms with van der Waals surface area (Å²) in [6.07, 6.45) is 4.21. The summed E-state index contributed by atoms with van der Waals surface area (Å²) in [4.78, 5) is 11.2. The zero-order valence-electron chi connectivity index (χ0n) is 8.81. The SMILES string of the molecule is C[C@H](C1CC1)n1nccc1NC(=O)CN. The monoisotopic (exact) mass is 208 g/mol. The van der Waals surface area contributed by atoms with E-state index < -0.39 is 0 Å². The number of hydrogen-bond donors (Lipinski definition) is 2. The number of carbonyl (C=O) groups excluding carboxylic acids is 1. The lowest BCUT2D eigenvalue weighted by molar-refractivity contribution is -0.114. The van der Waals surface area contributed by atoms with Crippen molar-refractivity contribution in [1.29, 1.82) is 0 Å². The summed E-state index contributed by atoms with van der Waals surface area (Å²) in [7, 11) is 0. The molecule has 0 radical (unpaired) electrons. The Kier molecular flexibility index (Phi) is 2.73. The molecule has 2 rings (SSSR count). The van der Waals surface area contributed by atoms with Gasteiger partial charge in [-0.05, 0) is 25.7 Å². The lowest BCUT2D eigenvalue weighted by Gasteiger charge is -2.14. The van der Waals surface area contributed by atoms with Gasteiger partial charge in [-0.3, -0.25) is 4.79 Å². The molecule has 1 aromatic heterocycles. The van der Waals surface area contributed by atoms with Crippen molar-refractivity contribution in [2.45, 2.75) is 25.8 Å². The largest absolute Gasteiger partial charge is 0.322 e. The smallest absolute Gasteiger partial charge is 0.239 e. The lowest BCUT2D eigenvalue weighted by Crippen LogP contribution is -2.24. The van der Waals surface area contributed by atoms with Gasteiger partial charge in [0.2, 0.25) is 5.91 Å². The van der Waals surface area contributed by atoms with E-state index in [0.29, 0.717) is 12.0 Å². The van der Waals surface area contributed by atoms with Crippen LogP contribution in [0.5, 0.6) is 0 Å². The van der Waals surface area contributed by atoms with E-state index in [1.807, 2.05) is 4.68 Å². The van der Waals surface area contributed by atoms with Gasteiger partial charge >= 0.3 is 0 Å². The van der Waals surface area contributed by atoms with Crippen molar-refractivity contribution in [3.05, 3.63) is 12.3 Å². The van der Waals surface area contributed by atoms with Crippen LogP contribution in [0.1, 0.15) is 25.8 Å². The van der Waals surface area contributed by atoms with Crippen LogP contribution in [0.15, 0.2) is 12.3 Å². The van der Waals surface area contributed by atoms with Crippen molar-refractivity contribution in [2.24, 2.45) is 11.7 Å². The minimum atomic E-state index is -0.181. The highest BCUT2D eigenvalue weighted by molar-refractivity contribution is 5.91. The van der Waals surface area contributed by atoms with Gasteiger partial charge in [0, 0.05) is 6.07 Å². The minimum absolute atomic E-state index is 0.00297. The zero-order chi connectivity index (χ0) is 10.8. The first kappa shape index (κ1) is 10.2. The van der Waals surface area contributed by atoms with Gasteiger partial charge in [-0.25, -0.2) is 4.68 Å². The molecule has 0 aliphatic heterocycles. The average Bonchev–Trinajstić information content (AvgIpc) is 2.99. The molecule has 1 saturated carbocycles. The van der Waals surface area contributed by atoms with Gasteiger partial charge in [0.05, 0.1) is 18.8 Å². The van der Waals surface area contributed by atoms with E-state index in [2.05, 4.69) is 17.3 Å². The summed E-state index contributed by atoms with van der Waals surface area (Å²) < 4.78 is 1.87. The molecule has 3 N–H and O–H groups in total. The summed E-state index contributed by atoms with van der Waals surface area (Å²) in [6, 6.07) is 2.15. The molecular weight excluding hydrogens is 192 g/mol. The summed E-state index contributed by atoms with van der Waals surface area (Å²) in [5, 5.41) is 6.97. The maximum absolute atomic E-state index is 11.2. The van der Waals surface area contributed by atoms with E-state index in [-0.39, 0.29) is 12.5 Å². The van der Waals surface area contributed by atoms with E-state index in [0.717, 1.165) is 5.82 Å². The highest BCUT2D eigenvalue weighted by Crippen LogP contribution is 2.40. The predicted molar refractivity (Wildman–Crippen MR) is 57.3 cm³/mol. The second-order valence-corrected chi connectivity index (χ2v) is 3.99. The van der Waals surface area contributed by atoms with Crippen molar-refractivity contribution in [3.63, 3.8) is 0 Å². The number of nitrogens with zero attached hydrogens (tertiary/aromatic N) is 2. The Morgan fingerprint density at radius 1 is 1.80 bits per heavy atom. The fourth-order valence-electron chi connectivity index (χ4n) is 1.71. The van der Waals surface area contributed by atoms with Crippen molar-refractivity contribution in [1.82, 2.24) is 9.78 Å². The van der Waals surface area contributed by atoms with E-state index in [4.69, 9.17) is 5.73 Å². The summed E-state index contributed by atoms with van der Waals surface area (Å²) >= 11 is 0. The Labute approximate surface area is 88.6 Å². The predicted octanol–water partition coefficient (Wildman–Crippen LogP) is 0.751. The fraction of sp³-hybridized carbons (Fsp3) is 0.600. The molecule has 15 heavy (non-hydrogen) atoms.